The van der Waals surface area contributed by atoms with E-state index in [1.807, 2.05) is 24.3 Å². The quantitative estimate of drug-likeness (QED) is 0.791. The van der Waals surface area contributed by atoms with Crippen LogP contribution in [0.25, 0.3) is 5.65 Å². The highest BCUT2D eigenvalue weighted by Gasteiger charge is 2.44. The van der Waals surface area contributed by atoms with Crippen molar-refractivity contribution in [2.75, 3.05) is 6.61 Å². The molecule has 2 fully saturated rings. The van der Waals surface area contributed by atoms with Gasteiger partial charge in [-0.15, -0.1) is 0 Å². The summed E-state index contributed by atoms with van der Waals surface area (Å²) >= 11 is 0. The number of nitrogens with one attached hydrogen (secondary N) is 1. The molecule has 27 heavy (non-hydrogen) atoms. The van der Waals surface area contributed by atoms with E-state index in [1.54, 1.807) is 6.33 Å². The number of amides is 1. The summed E-state index contributed by atoms with van der Waals surface area (Å²) in [6.07, 6.45) is 8.85. The van der Waals surface area contributed by atoms with Crippen LogP contribution in [0.3, 0.4) is 0 Å². The van der Waals surface area contributed by atoms with Crippen molar-refractivity contribution in [3.8, 4) is 0 Å². The predicted octanol–water partition coefficient (Wildman–Crippen LogP) is 3.45. The molecule has 4 rings (SSSR count). The Morgan fingerprint density at radius 3 is 2.74 bits per heavy atom. The highest BCUT2D eigenvalue weighted by Crippen LogP contribution is 2.43. The van der Waals surface area contributed by atoms with E-state index in [2.05, 4.69) is 22.2 Å². The molecule has 1 amide bonds. The molecule has 0 aromatic carbocycles. The van der Waals surface area contributed by atoms with Crippen molar-refractivity contribution in [1.82, 2.24) is 19.7 Å². The number of imidazole rings is 1. The molecule has 1 N–H and O–H groups in total. The van der Waals surface area contributed by atoms with E-state index in [0.29, 0.717) is 29.3 Å². The maximum atomic E-state index is 13.0. The fourth-order valence-electron chi connectivity index (χ4n) is 4.90. The third-order valence-corrected chi connectivity index (χ3v) is 6.24. The lowest BCUT2D eigenvalue weighted by atomic mass is 9.82. The number of hydrogen-bond donors (Lipinski definition) is 1. The SMILES string of the molecule is CCCCO[C@H]1C[C@H]2CC[C@H](C1)[C@H]2NC(=O)c1ncn2c(C)cc(C)nc12. The van der Waals surface area contributed by atoms with Crippen LogP contribution >= 0.6 is 0 Å². The topological polar surface area (TPSA) is 68.5 Å². The summed E-state index contributed by atoms with van der Waals surface area (Å²) in [5, 5.41) is 3.29. The van der Waals surface area contributed by atoms with Crippen molar-refractivity contribution >= 4 is 11.6 Å². The Bertz CT molecular complexity index is 817. The van der Waals surface area contributed by atoms with E-state index in [4.69, 9.17) is 4.74 Å². The summed E-state index contributed by atoms with van der Waals surface area (Å²) in [6, 6.07) is 2.24. The summed E-state index contributed by atoms with van der Waals surface area (Å²) in [5.41, 5.74) is 3.02. The molecule has 0 spiro atoms. The van der Waals surface area contributed by atoms with E-state index in [-0.39, 0.29) is 11.9 Å². The van der Waals surface area contributed by atoms with Crippen molar-refractivity contribution in [1.29, 1.82) is 0 Å². The molecule has 6 nitrogen and oxygen atoms in total. The van der Waals surface area contributed by atoms with Crippen molar-refractivity contribution in [3.05, 3.63) is 29.5 Å². The maximum Gasteiger partial charge on any atom is 0.274 e. The molecule has 0 unspecified atom stereocenters. The van der Waals surface area contributed by atoms with Crippen molar-refractivity contribution in [3.63, 3.8) is 0 Å². The van der Waals surface area contributed by atoms with Crippen LogP contribution in [0.4, 0.5) is 0 Å². The van der Waals surface area contributed by atoms with Gasteiger partial charge in [0.25, 0.3) is 5.91 Å². The molecular weight excluding hydrogens is 340 g/mol. The number of rotatable bonds is 6. The molecule has 2 atom stereocenters. The van der Waals surface area contributed by atoms with Crippen LogP contribution in [-0.4, -0.2) is 39.0 Å². The largest absolute Gasteiger partial charge is 0.378 e. The van der Waals surface area contributed by atoms with Gasteiger partial charge in [0.15, 0.2) is 11.3 Å². The smallest absolute Gasteiger partial charge is 0.274 e. The number of hydrogen-bond acceptors (Lipinski definition) is 4. The molecular formula is C21H30N4O2. The monoisotopic (exact) mass is 370 g/mol. The Morgan fingerprint density at radius 2 is 2.04 bits per heavy atom. The molecule has 2 aromatic heterocycles. The van der Waals surface area contributed by atoms with Gasteiger partial charge in [-0.05, 0) is 63.9 Å². The minimum atomic E-state index is -0.0951. The Labute approximate surface area is 160 Å². The van der Waals surface area contributed by atoms with Crippen LogP contribution < -0.4 is 5.32 Å². The van der Waals surface area contributed by atoms with Gasteiger partial charge in [-0.1, -0.05) is 13.3 Å². The number of aromatic nitrogens is 3. The fraction of sp³-hybridized carbons (Fsp3) is 0.667. The summed E-state index contributed by atoms with van der Waals surface area (Å²) < 4.78 is 7.96. The number of aryl methyl sites for hydroxylation is 2. The zero-order valence-electron chi connectivity index (χ0n) is 16.6. The predicted molar refractivity (Wildman–Crippen MR) is 104 cm³/mol. The third-order valence-electron chi connectivity index (χ3n) is 6.24. The molecule has 2 saturated carbocycles. The van der Waals surface area contributed by atoms with E-state index >= 15 is 0 Å². The Morgan fingerprint density at radius 1 is 1.30 bits per heavy atom. The zero-order chi connectivity index (χ0) is 19.0. The first-order valence-corrected chi connectivity index (χ1v) is 10.3. The summed E-state index contributed by atoms with van der Waals surface area (Å²) in [7, 11) is 0. The Balaban J connectivity index is 1.45. The van der Waals surface area contributed by atoms with Crippen LogP contribution in [0.1, 0.15) is 67.3 Å². The highest BCUT2D eigenvalue weighted by atomic mass is 16.5. The second-order valence-corrected chi connectivity index (χ2v) is 8.24. The van der Waals surface area contributed by atoms with Gasteiger partial charge in [-0.25, -0.2) is 9.97 Å². The van der Waals surface area contributed by atoms with Gasteiger partial charge < -0.3 is 10.1 Å². The number of carbonyl (C=O) groups excluding carboxylic acids is 1. The van der Waals surface area contributed by atoms with Crippen molar-refractivity contribution in [2.24, 2.45) is 11.8 Å². The minimum absolute atomic E-state index is 0.0951. The van der Waals surface area contributed by atoms with Gasteiger partial charge in [-0.2, -0.15) is 0 Å². The van der Waals surface area contributed by atoms with Crippen molar-refractivity contribution in [2.45, 2.75) is 71.4 Å². The van der Waals surface area contributed by atoms with E-state index in [0.717, 1.165) is 37.3 Å². The first kappa shape index (κ1) is 18.4. The normalized spacial score (nSPS) is 27.2. The maximum absolute atomic E-state index is 13.0. The zero-order valence-corrected chi connectivity index (χ0v) is 16.6. The molecule has 2 aliphatic carbocycles. The second kappa shape index (κ2) is 7.58. The molecule has 6 heteroatoms. The van der Waals surface area contributed by atoms with Gasteiger partial charge in [0.2, 0.25) is 0 Å². The van der Waals surface area contributed by atoms with Gasteiger partial charge in [0, 0.05) is 24.0 Å². The van der Waals surface area contributed by atoms with Gasteiger partial charge in [0.05, 0.1) is 6.10 Å². The average molecular weight is 370 g/mol. The fourth-order valence-corrected chi connectivity index (χ4v) is 4.90. The number of nitrogens with zero attached hydrogens (tertiary/aromatic N) is 3. The van der Waals surface area contributed by atoms with Crippen LogP contribution in [-0.2, 0) is 4.74 Å². The first-order valence-electron chi connectivity index (χ1n) is 10.3. The van der Waals surface area contributed by atoms with Gasteiger partial charge in [-0.3, -0.25) is 9.20 Å². The number of carbonyl (C=O) groups is 1. The lowest BCUT2D eigenvalue weighted by molar-refractivity contribution is -0.00121. The van der Waals surface area contributed by atoms with Crippen LogP contribution in [0.5, 0.6) is 0 Å². The molecule has 2 heterocycles. The Hall–Kier alpha value is -1.95. The molecule has 2 aromatic rings. The Kier molecular flexibility index (Phi) is 5.17. The third kappa shape index (κ3) is 3.59. The van der Waals surface area contributed by atoms with Crippen LogP contribution in [0, 0.1) is 25.7 Å². The van der Waals surface area contributed by atoms with Crippen LogP contribution in [0.15, 0.2) is 12.4 Å². The second-order valence-electron chi connectivity index (χ2n) is 8.24. The first-order chi connectivity index (χ1) is 13.1. The lowest BCUT2D eigenvalue weighted by Gasteiger charge is -2.35. The summed E-state index contributed by atoms with van der Waals surface area (Å²) in [6.45, 7) is 7.01. The van der Waals surface area contributed by atoms with Gasteiger partial charge in [0.1, 0.15) is 6.33 Å². The lowest BCUT2D eigenvalue weighted by Crippen LogP contribution is -2.46. The summed E-state index contributed by atoms with van der Waals surface area (Å²) in [4.78, 5) is 21.9. The number of ether oxygens (including phenoxy) is 1. The number of fused-ring (bicyclic) bond motifs is 3. The average Bonchev–Trinajstić information content (AvgIpc) is 3.14. The molecule has 2 aliphatic rings. The number of unbranched alkanes of at least 4 members (excludes halogenated alkanes) is 1. The molecule has 0 radical (unpaired) electrons. The summed E-state index contributed by atoms with van der Waals surface area (Å²) in [5.74, 6) is 0.941. The van der Waals surface area contributed by atoms with E-state index in [9.17, 15) is 4.79 Å². The van der Waals surface area contributed by atoms with Gasteiger partial charge >= 0.3 is 0 Å². The van der Waals surface area contributed by atoms with E-state index < -0.39 is 0 Å². The molecule has 0 aliphatic heterocycles. The van der Waals surface area contributed by atoms with Crippen molar-refractivity contribution < 1.29 is 9.53 Å². The highest BCUT2D eigenvalue weighted by molar-refractivity contribution is 5.98. The minimum Gasteiger partial charge on any atom is -0.378 e. The van der Waals surface area contributed by atoms with E-state index in [1.165, 1.54) is 19.3 Å². The molecule has 146 valence electrons. The molecule has 0 saturated heterocycles. The standard InChI is InChI=1S/C21H30N4O2/c1-4-5-8-27-17-10-15-6-7-16(11-17)18(15)24-21(26)19-20-23-13(2)9-14(3)25(20)12-22-19/h9,12,15-18H,4-8,10-11H2,1-3H3,(H,24,26)/t15-,16-,17-,18-/m1/s1. The van der Waals surface area contributed by atoms with Crippen LogP contribution in [0.2, 0.25) is 0 Å². The molecule has 2 bridgehead atoms.